The summed E-state index contributed by atoms with van der Waals surface area (Å²) >= 11 is 0. The highest BCUT2D eigenvalue weighted by atomic mass is 32.2. The van der Waals surface area contributed by atoms with Gasteiger partial charge in [-0.25, -0.2) is 13.2 Å². The number of allylic oxidation sites excluding steroid dienone is 1. The zero-order valence-corrected chi connectivity index (χ0v) is 42.1. The number of tetrazole rings is 1. The molecule has 1 aliphatic heterocycles. The van der Waals surface area contributed by atoms with Gasteiger partial charge in [0.1, 0.15) is 22.8 Å². The van der Waals surface area contributed by atoms with Gasteiger partial charge >= 0.3 is 6.09 Å². The number of sulfonamides is 1. The lowest BCUT2D eigenvalue weighted by atomic mass is 9.85. The van der Waals surface area contributed by atoms with Gasteiger partial charge in [-0.15, -0.1) is 10.2 Å². The Morgan fingerprint density at radius 3 is 1.82 bits per heavy atom. The molecule has 1 amide bonds. The fourth-order valence-corrected chi connectivity index (χ4v) is 10.9. The molecule has 1 N–H and O–H groups in total. The van der Waals surface area contributed by atoms with Gasteiger partial charge in [0, 0.05) is 24.7 Å². The standard InChI is InChI=1S/C53H69N7O7S/c1-52(2,3)58-32-30-37(31-33-58)10-17-42-20-29-47(41-18-21-43(22-19-41)54-51(61)67-53(4,5)6)48(50-55-57-60(56-50)36-40-15-27-46(66-9)28-16-40)49(42)68(62,63)59(34-38-11-23-44(64-7)24-12-38)35-39-13-25-45(65-8)26-14-39/h11-16,18,20,23-29,37,43H,10,17,19,21-22,30-36H2,1-9H3,(H,54,61)/t43-/m0/s1. The first-order chi connectivity index (χ1) is 32.4. The van der Waals surface area contributed by atoms with E-state index in [0.29, 0.717) is 60.8 Å². The van der Waals surface area contributed by atoms with Crippen LogP contribution in [-0.2, 0) is 40.8 Å². The van der Waals surface area contributed by atoms with Gasteiger partial charge in [-0.3, -0.25) is 4.90 Å². The molecule has 364 valence electrons. The molecule has 0 radical (unpaired) electrons. The number of nitrogens with one attached hydrogen (secondary N) is 1. The minimum absolute atomic E-state index is 0.0883. The number of alkyl carbamates (subject to hydrolysis) is 1. The summed E-state index contributed by atoms with van der Waals surface area (Å²) in [4.78, 5) is 17.1. The van der Waals surface area contributed by atoms with E-state index in [1.807, 2.05) is 106 Å². The molecular formula is C53H69N7O7S. The maximum absolute atomic E-state index is 16.2. The Balaban J connectivity index is 1.36. The first-order valence-electron chi connectivity index (χ1n) is 23.7. The summed E-state index contributed by atoms with van der Waals surface area (Å²) in [5.41, 5.74) is 4.79. The van der Waals surface area contributed by atoms with Crippen molar-refractivity contribution in [2.45, 2.75) is 128 Å². The summed E-state index contributed by atoms with van der Waals surface area (Å²) in [5, 5.41) is 17.2. The van der Waals surface area contributed by atoms with Crippen molar-refractivity contribution in [1.82, 2.24) is 34.7 Å². The lowest BCUT2D eigenvalue weighted by molar-refractivity contribution is 0.0501. The molecule has 1 atom stereocenters. The van der Waals surface area contributed by atoms with Crippen molar-refractivity contribution in [3.05, 3.63) is 119 Å². The Bertz CT molecular complexity index is 2560. The SMILES string of the molecule is COc1ccc(CN(Cc2ccc(OC)cc2)S(=O)(=O)c2c(CCC3CCN(C(C)(C)C)CC3)ccc(C3=CC[C@H](NC(=O)OC(C)(C)C)CC3)c2-c2nnn(Cc3ccc(OC)cc3)n2)cc1. The third-order valence-electron chi connectivity index (χ3n) is 12.9. The van der Waals surface area contributed by atoms with Crippen molar-refractivity contribution in [3.8, 4) is 28.6 Å². The fraction of sp³-hybridized carbons (Fsp3) is 0.472. The monoisotopic (exact) mass is 947 g/mol. The molecule has 5 aromatic rings. The maximum Gasteiger partial charge on any atom is 0.407 e. The second-order valence-corrected chi connectivity index (χ2v) is 21.8. The smallest absolute Gasteiger partial charge is 0.407 e. The van der Waals surface area contributed by atoms with E-state index in [0.717, 1.165) is 65.9 Å². The third kappa shape index (κ3) is 12.9. The summed E-state index contributed by atoms with van der Waals surface area (Å²) in [5.74, 6) is 2.74. The van der Waals surface area contributed by atoms with Gasteiger partial charge in [-0.1, -0.05) is 54.6 Å². The van der Waals surface area contributed by atoms with Gasteiger partial charge in [0.15, 0.2) is 0 Å². The van der Waals surface area contributed by atoms with E-state index in [9.17, 15) is 4.79 Å². The molecule has 2 heterocycles. The van der Waals surface area contributed by atoms with E-state index >= 15 is 8.42 Å². The molecule has 2 aliphatic rings. The van der Waals surface area contributed by atoms with Crippen molar-refractivity contribution in [2.24, 2.45) is 5.92 Å². The Hall–Kier alpha value is -5.77. The molecule has 1 fully saturated rings. The van der Waals surface area contributed by atoms with Crippen LogP contribution in [0.4, 0.5) is 4.79 Å². The molecule has 15 heteroatoms. The second-order valence-electron chi connectivity index (χ2n) is 19.9. The zero-order chi connectivity index (χ0) is 48.6. The zero-order valence-electron chi connectivity index (χ0n) is 41.2. The number of hydrogen-bond donors (Lipinski definition) is 1. The number of nitrogens with zero attached hydrogens (tertiary/aromatic N) is 6. The number of rotatable bonds is 17. The summed E-state index contributed by atoms with van der Waals surface area (Å²) in [6, 6.07) is 26.5. The number of carbonyl (C=O) groups excluding carboxylic acids is 1. The Labute approximate surface area is 403 Å². The van der Waals surface area contributed by atoms with Crippen LogP contribution in [0, 0.1) is 5.92 Å². The van der Waals surface area contributed by atoms with E-state index < -0.39 is 21.7 Å². The molecule has 1 saturated heterocycles. The van der Waals surface area contributed by atoms with Crippen molar-refractivity contribution in [1.29, 1.82) is 0 Å². The van der Waals surface area contributed by atoms with Gasteiger partial charge in [0.05, 0.1) is 38.3 Å². The Kier molecular flexibility index (Phi) is 16.0. The van der Waals surface area contributed by atoms with Crippen LogP contribution in [0.1, 0.15) is 108 Å². The summed E-state index contributed by atoms with van der Waals surface area (Å²) in [7, 11) is 0.498. The van der Waals surface area contributed by atoms with Crippen LogP contribution in [-0.4, -0.2) is 95.5 Å². The molecule has 0 saturated carbocycles. The lowest BCUT2D eigenvalue weighted by Crippen LogP contribution is -2.46. The van der Waals surface area contributed by atoms with Crippen molar-refractivity contribution in [2.75, 3.05) is 34.4 Å². The number of aromatic nitrogens is 4. The summed E-state index contributed by atoms with van der Waals surface area (Å²) in [6.45, 7) is 14.8. The van der Waals surface area contributed by atoms with Crippen molar-refractivity contribution < 1.29 is 32.2 Å². The Morgan fingerprint density at radius 1 is 0.765 bits per heavy atom. The number of methoxy groups -OCH3 is 3. The number of carbonyl (C=O) groups is 1. The molecule has 1 aliphatic carbocycles. The van der Waals surface area contributed by atoms with Crippen molar-refractivity contribution in [3.63, 3.8) is 0 Å². The van der Waals surface area contributed by atoms with Gasteiger partial charge in [0.2, 0.25) is 15.8 Å². The van der Waals surface area contributed by atoms with Crippen LogP contribution in [0.5, 0.6) is 17.2 Å². The minimum Gasteiger partial charge on any atom is -0.497 e. The van der Waals surface area contributed by atoms with Crippen LogP contribution in [0.3, 0.4) is 0 Å². The van der Waals surface area contributed by atoms with Crippen LogP contribution >= 0.6 is 0 Å². The second kappa shape index (κ2) is 21.7. The number of hydrogen-bond acceptors (Lipinski definition) is 11. The number of likely N-dealkylation sites (tertiary alicyclic amines) is 1. The number of benzene rings is 4. The van der Waals surface area contributed by atoms with E-state index in [4.69, 9.17) is 24.0 Å². The molecule has 0 unspecified atom stereocenters. The van der Waals surface area contributed by atoms with Gasteiger partial charge in [0.25, 0.3) is 0 Å². The summed E-state index contributed by atoms with van der Waals surface area (Å²) in [6.07, 6.45) is 6.81. The number of amides is 1. The first-order valence-corrected chi connectivity index (χ1v) is 25.1. The first kappa shape index (κ1) is 50.1. The maximum atomic E-state index is 16.2. The largest absolute Gasteiger partial charge is 0.497 e. The molecule has 7 rings (SSSR count). The van der Waals surface area contributed by atoms with Crippen LogP contribution in [0.15, 0.2) is 95.9 Å². The van der Waals surface area contributed by atoms with Gasteiger partial charge in [-0.05, 0) is 180 Å². The highest BCUT2D eigenvalue weighted by molar-refractivity contribution is 7.89. The fourth-order valence-electron chi connectivity index (χ4n) is 9.07. The van der Waals surface area contributed by atoms with E-state index in [1.165, 1.54) is 4.80 Å². The molecule has 0 bridgehead atoms. The number of piperidine rings is 1. The quantitative estimate of drug-likeness (QED) is 0.0949. The highest BCUT2D eigenvalue weighted by Crippen LogP contribution is 2.42. The molecule has 0 spiro atoms. The minimum atomic E-state index is -4.35. The Morgan fingerprint density at radius 2 is 1.32 bits per heavy atom. The lowest BCUT2D eigenvalue weighted by Gasteiger charge is -2.41. The van der Waals surface area contributed by atoms with E-state index in [2.05, 4.69) is 47.4 Å². The number of ether oxygens (including phenoxy) is 4. The molecule has 14 nitrogen and oxygen atoms in total. The van der Waals surface area contributed by atoms with Crippen LogP contribution in [0.2, 0.25) is 0 Å². The van der Waals surface area contributed by atoms with Gasteiger partial charge in [-0.2, -0.15) is 9.10 Å². The average molecular weight is 948 g/mol. The predicted molar refractivity (Wildman–Crippen MR) is 265 cm³/mol. The molecular weight excluding hydrogens is 879 g/mol. The molecule has 1 aromatic heterocycles. The van der Waals surface area contributed by atoms with Crippen LogP contribution < -0.4 is 19.5 Å². The van der Waals surface area contributed by atoms with Gasteiger partial charge < -0.3 is 24.3 Å². The third-order valence-corrected chi connectivity index (χ3v) is 14.8. The molecule has 4 aromatic carbocycles. The average Bonchev–Trinajstić information content (AvgIpc) is 3.78. The predicted octanol–water partition coefficient (Wildman–Crippen LogP) is 9.71. The normalized spacial score (nSPS) is 16.3. The topological polar surface area (TPSA) is 150 Å². The van der Waals surface area contributed by atoms with E-state index in [1.54, 1.807) is 25.6 Å². The van der Waals surface area contributed by atoms with Crippen LogP contribution in [0.25, 0.3) is 17.0 Å². The number of aryl methyl sites for hydroxylation is 1. The molecule has 68 heavy (non-hydrogen) atoms. The van der Waals surface area contributed by atoms with Crippen molar-refractivity contribution >= 4 is 21.7 Å². The highest BCUT2D eigenvalue weighted by Gasteiger charge is 2.36. The summed E-state index contributed by atoms with van der Waals surface area (Å²) < 4.78 is 55.8. The van der Waals surface area contributed by atoms with E-state index in [-0.39, 0.29) is 35.4 Å².